The smallest absolute Gasteiger partial charge is 0.409 e. The molecule has 27 heavy (non-hydrogen) atoms. The van der Waals surface area contributed by atoms with Gasteiger partial charge in [-0.1, -0.05) is 5.16 Å². The fourth-order valence-electron chi connectivity index (χ4n) is 3.63. The summed E-state index contributed by atoms with van der Waals surface area (Å²) < 4.78 is 16.0. The Morgan fingerprint density at radius 2 is 2.15 bits per heavy atom. The average Bonchev–Trinajstić information content (AvgIpc) is 3.41. The molecule has 144 valence electrons. The molecule has 0 radical (unpaired) electrons. The highest BCUT2D eigenvalue weighted by Gasteiger charge is 2.28. The van der Waals surface area contributed by atoms with Gasteiger partial charge in [0, 0.05) is 49.0 Å². The monoisotopic (exact) mass is 372 g/mol. The van der Waals surface area contributed by atoms with Gasteiger partial charge >= 0.3 is 6.09 Å². The summed E-state index contributed by atoms with van der Waals surface area (Å²) in [4.78, 5) is 22.6. The third-order valence-electron chi connectivity index (χ3n) is 5.20. The van der Waals surface area contributed by atoms with Gasteiger partial charge in [0.05, 0.1) is 13.2 Å². The number of piperidine rings is 1. The van der Waals surface area contributed by atoms with E-state index in [1.165, 1.54) is 0 Å². The van der Waals surface area contributed by atoms with Gasteiger partial charge in [-0.15, -0.1) is 0 Å². The minimum Gasteiger partial charge on any atom is -0.450 e. The van der Waals surface area contributed by atoms with Crippen LogP contribution in [0.15, 0.2) is 22.9 Å². The van der Waals surface area contributed by atoms with Crippen molar-refractivity contribution in [2.45, 2.75) is 38.0 Å². The lowest BCUT2D eigenvalue weighted by Crippen LogP contribution is -2.38. The molecule has 0 aliphatic carbocycles. The second kappa shape index (κ2) is 8.04. The molecule has 0 aromatic carbocycles. The molecule has 8 heteroatoms. The van der Waals surface area contributed by atoms with Gasteiger partial charge in [-0.05, 0) is 38.3 Å². The molecule has 8 nitrogen and oxygen atoms in total. The summed E-state index contributed by atoms with van der Waals surface area (Å²) in [7, 11) is 0. The Hall–Kier alpha value is -2.48. The first-order valence-corrected chi connectivity index (χ1v) is 9.54. The van der Waals surface area contributed by atoms with E-state index in [4.69, 9.17) is 14.0 Å². The van der Waals surface area contributed by atoms with Gasteiger partial charge in [0.15, 0.2) is 5.82 Å². The Balaban J connectivity index is 1.42. The molecule has 0 spiro atoms. The predicted molar refractivity (Wildman–Crippen MR) is 96.3 cm³/mol. The fourth-order valence-corrected chi connectivity index (χ4v) is 3.63. The van der Waals surface area contributed by atoms with Crippen LogP contribution in [0, 0.1) is 0 Å². The number of likely N-dealkylation sites (tertiary alicyclic amines) is 1. The van der Waals surface area contributed by atoms with Crippen molar-refractivity contribution in [3.05, 3.63) is 29.8 Å². The minimum atomic E-state index is -0.245. The zero-order valence-electron chi connectivity index (χ0n) is 15.5. The van der Waals surface area contributed by atoms with E-state index in [0.29, 0.717) is 43.9 Å². The molecule has 1 atom stereocenters. The van der Waals surface area contributed by atoms with Crippen LogP contribution in [-0.4, -0.2) is 59.0 Å². The molecule has 4 heterocycles. The maximum absolute atomic E-state index is 11.8. The number of pyridine rings is 1. The molecule has 4 rings (SSSR count). The number of carbonyl (C=O) groups is 1. The van der Waals surface area contributed by atoms with Gasteiger partial charge in [0.1, 0.15) is 0 Å². The highest BCUT2D eigenvalue weighted by Crippen LogP contribution is 2.30. The number of rotatable bonds is 4. The summed E-state index contributed by atoms with van der Waals surface area (Å²) in [5, 5.41) is 4.18. The van der Waals surface area contributed by atoms with E-state index in [1.54, 1.807) is 11.1 Å². The van der Waals surface area contributed by atoms with E-state index in [1.807, 2.05) is 19.1 Å². The molecule has 2 aromatic rings. The molecule has 2 aromatic heterocycles. The van der Waals surface area contributed by atoms with Crippen molar-refractivity contribution in [2.24, 2.45) is 0 Å². The number of aromatic nitrogens is 3. The zero-order valence-corrected chi connectivity index (χ0v) is 15.5. The van der Waals surface area contributed by atoms with Crippen LogP contribution in [-0.2, 0) is 9.47 Å². The van der Waals surface area contributed by atoms with Gasteiger partial charge in [0.25, 0.3) is 5.89 Å². The largest absolute Gasteiger partial charge is 0.450 e. The molecule has 0 unspecified atom stereocenters. The quantitative estimate of drug-likeness (QED) is 0.815. The van der Waals surface area contributed by atoms with Crippen molar-refractivity contribution in [1.29, 1.82) is 0 Å². The Labute approximate surface area is 157 Å². The normalized spacial score (nSPS) is 20.8. The van der Waals surface area contributed by atoms with Crippen LogP contribution in [0.25, 0.3) is 11.5 Å². The van der Waals surface area contributed by atoms with E-state index >= 15 is 0 Å². The third kappa shape index (κ3) is 3.95. The summed E-state index contributed by atoms with van der Waals surface area (Å²) in [6.07, 6.45) is 4.14. The maximum Gasteiger partial charge on any atom is 0.409 e. The van der Waals surface area contributed by atoms with E-state index in [-0.39, 0.29) is 12.0 Å². The van der Waals surface area contributed by atoms with Crippen LogP contribution in [0.1, 0.15) is 49.5 Å². The average molecular weight is 372 g/mol. The van der Waals surface area contributed by atoms with Crippen LogP contribution >= 0.6 is 0 Å². The van der Waals surface area contributed by atoms with Crippen molar-refractivity contribution in [3.8, 4) is 11.5 Å². The molecule has 2 aliphatic rings. The van der Waals surface area contributed by atoms with E-state index < -0.39 is 0 Å². The number of ether oxygens (including phenoxy) is 2. The lowest BCUT2D eigenvalue weighted by Gasteiger charge is -2.29. The molecule has 0 N–H and O–H groups in total. The molecular weight excluding hydrogens is 348 g/mol. The molecule has 2 fully saturated rings. The van der Waals surface area contributed by atoms with Crippen molar-refractivity contribution in [2.75, 3.05) is 32.9 Å². The second-order valence-electron chi connectivity index (χ2n) is 6.95. The number of hydrogen-bond acceptors (Lipinski definition) is 7. The third-order valence-corrected chi connectivity index (χ3v) is 5.20. The molecule has 1 amide bonds. The molecule has 0 bridgehead atoms. The Bertz CT molecular complexity index is 780. The van der Waals surface area contributed by atoms with Crippen LogP contribution < -0.4 is 0 Å². The summed E-state index contributed by atoms with van der Waals surface area (Å²) in [5.41, 5.74) is 1.89. The first kappa shape index (κ1) is 17.9. The summed E-state index contributed by atoms with van der Waals surface area (Å²) in [6, 6.07) is 3.90. The Morgan fingerprint density at radius 3 is 2.89 bits per heavy atom. The first-order chi connectivity index (χ1) is 13.2. The fraction of sp³-hybridized carbons (Fsp3) is 0.579. The van der Waals surface area contributed by atoms with E-state index in [9.17, 15) is 4.79 Å². The maximum atomic E-state index is 11.8. The molecule has 2 saturated heterocycles. The van der Waals surface area contributed by atoms with Gasteiger partial charge in [-0.2, -0.15) is 4.98 Å². The summed E-state index contributed by atoms with van der Waals surface area (Å²) in [6.45, 7) is 5.00. The van der Waals surface area contributed by atoms with Gasteiger partial charge in [-0.3, -0.25) is 4.98 Å². The van der Waals surface area contributed by atoms with E-state index in [0.717, 1.165) is 37.1 Å². The topological polar surface area (TPSA) is 90.6 Å². The second-order valence-corrected chi connectivity index (χ2v) is 6.95. The number of nitrogens with zero attached hydrogens (tertiary/aromatic N) is 4. The Kier molecular flexibility index (Phi) is 5.33. The van der Waals surface area contributed by atoms with E-state index in [2.05, 4.69) is 15.1 Å². The molecular formula is C19H24N4O4. The standard InChI is InChI=1S/C19H24N4O4/c1-2-26-19(24)23-8-4-13(5-9-23)17-21-18(27-22-17)14-3-7-20-16(11-14)15-6-10-25-12-15/h3,7,11,13,15H,2,4-6,8-10,12H2,1H3/t15-/m0/s1. The number of amides is 1. The highest BCUT2D eigenvalue weighted by atomic mass is 16.6. The van der Waals surface area contributed by atoms with Crippen LogP contribution in [0.2, 0.25) is 0 Å². The predicted octanol–water partition coefficient (Wildman–Crippen LogP) is 2.97. The van der Waals surface area contributed by atoms with Crippen LogP contribution in [0.4, 0.5) is 4.79 Å². The Morgan fingerprint density at radius 1 is 1.30 bits per heavy atom. The summed E-state index contributed by atoms with van der Waals surface area (Å²) in [5.74, 6) is 1.74. The van der Waals surface area contributed by atoms with Crippen molar-refractivity contribution in [3.63, 3.8) is 0 Å². The zero-order chi connectivity index (χ0) is 18.6. The lowest BCUT2D eigenvalue weighted by atomic mass is 9.96. The lowest BCUT2D eigenvalue weighted by molar-refractivity contribution is 0.0965. The molecule has 0 saturated carbocycles. The number of carbonyl (C=O) groups excluding carboxylic acids is 1. The minimum absolute atomic E-state index is 0.192. The van der Waals surface area contributed by atoms with Gasteiger partial charge < -0.3 is 18.9 Å². The molecule has 2 aliphatic heterocycles. The van der Waals surface area contributed by atoms with Gasteiger partial charge in [0.2, 0.25) is 0 Å². The van der Waals surface area contributed by atoms with Crippen LogP contribution in [0.5, 0.6) is 0 Å². The highest BCUT2D eigenvalue weighted by molar-refractivity contribution is 5.67. The van der Waals surface area contributed by atoms with Crippen LogP contribution in [0.3, 0.4) is 0 Å². The van der Waals surface area contributed by atoms with Crippen molar-refractivity contribution >= 4 is 6.09 Å². The number of hydrogen-bond donors (Lipinski definition) is 0. The summed E-state index contributed by atoms with van der Waals surface area (Å²) >= 11 is 0. The first-order valence-electron chi connectivity index (χ1n) is 9.54. The SMILES string of the molecule is CCOC(=O)N1CCC(c2noc(-c3ccnc([C@H]4CCOC4)c3)n2)CC1. The van der Waals surface area contributed by atoms with Crippen molar-refractivity contribution in [1.82, 2.24) is 20.0 Å². The van der Waals surface area contributed by atoms with Gasteiger partial charge in [-0.25, -0.2) is 4.79 Å². The van der Waals surface area contributed by atoms with Crippen molar-refractivity contribution < 1.29 is 18.8 Å².